The Hall–Kier alpha value is -2.94. The second-order valence-electron chi connectivity index (χ2n) is 7.96. The van der Waals surface area contributed by atoms with Crippen molar-refractivity contribution in [1.82, 2.24) is 24.8 Å². The van der Waals surface area contributed by atoms with E-state index < -0.39 is 23.9 Å². The monoisotopic (exact) mass is 429 g/mol. The number of likely N-dealkylation sites (tertiary alicyclic amines) is 1. The molecule has 2 fully saturated rings. The van der Waals surface area contributed by atoms with Crippen LogP contribution < -0.4 is 11.1 Å². The lowest BCUT2D eigenvalue weighted by molar-refractivity contribution is -0.0547. The number of aliphatic hydroxyl groups is 1. The molecule has 0 bridgehead atoms. The third-order valence-corrected chi connectivity index (χ3v) is 5.88. The zero-order valence-electron chi connectivity index (χ0n) is 17.2. The highest BCUT2D eigenvalue weighted by Crippen LogP contribution is 2.40. The summed E-state index contributed by atoms with van der Waals surface area (Å²) in [4.78, 5) is 18.3. The molecule has 2 aliphatic heterocycles. The number of nitrogens with one attached hydrogen (secondary N) is 1. The molecule has 0 spiro atoms. The van der Waals surface area contributed by atoms with Gasteiger partial charge in [-0.3, -0.25) is 0 Å². The number of hydrogen-bond acceptors (Lipinski definition) is 9. The maximum atomic E-state index is 12.0. The number of alkyl carbamates (subject to hydrolysis) is 1. The van der Waals surface area contributed by atoms with Gasteiger partial charge < -0.3 is 30.5 Å². The number of rotatable bonds is 6. The molecule has 31 heavy (non-hydrogen) atoms. The van der Waals surface area contributed by atoms with Gasteiger partial charge in [0.25, 0.3) is 0 Å². The van der Waals surface area contributed by atoms with E-state index in [2.05, 4.69) is 26.4 Å². The third-order valence-electron chi connectivity index (χ3n) is 5.88. The minimum atomic E-state index is -1.44. The van der Waals surface area contributed by atoms with Crippen LogP contribution in [0.4, 0.5) is 10.6 Å². The van der Waals surface area contributed by atoms with Crippen molar-refractivity contribution in [2.24, 2.45) is 0 Å². The summed E-state index contributed by atoms with van der Waals surface area (Å²) < 4.78 is 12.6. The topological polar surface area (TPSA) is 151 Å². The Morgan fingerprint density at radius 2 is 2.23 bits per heavy atom. The van der Waals surface area contributed by atoms with Gasteiger partial charge in [0, 0.05) is 19.5 Å². The molecule has 0 saturated carbocycles. The number of fused-ring (bicyclic) bond motifs is 1. The van der Waals surface area contributed by atoms with E-state index in [4.69, 9.17) is 15.2 Å². The van der Waals surface area contributed by atoms with Crippen LogP contribution in [0, 0.1) is 11.3 Å². The number of ether oxygens (including phenoxy) is 2. The highest BCUT2D eigenvalue weighted by molar-refractivity contribution is 5.67. The molecule has 166 valence electrons. The molecular formula is C20H27N7O4. The van der Waals surface area contributed by atoms with Gasteiger partial charge in [0.1, 0.15) is 30.6 Å². The number of piperidine rings is 1. The SMILES string of the molecule is N#C[C@]1(c2ccc3c(N)ncnn23)C[C@H](O)[C@@H](COC(=O)NCCN2CCCCC2)O1. The van der Waals surface area contributed by atoms with Crippen molar-refractivity contribution in [2.45, 2.75) is 43.5 Å². The van der Waals surface area contributed by atoms with E-state index in [-0.39, 0.29) is 18.8 Å². The Balaban J connectivity index is 1.33. The normalized spacial score (nSPS) is 26.6. The fraction of sp³-hybridized carbons (Fsp3) is 0.600. The van der Waals surface area contributed by atoms with Crippen LogP contribution in [0.25, 0.3) is 5.52 Å². The molecule has 11 nitrogen and oxygen atoms in total. The Bertz CT molecular complexity index is 968. The Kier molecular flexibility index (Phi) is 6.22. The molecule has 0 unspecified atom stereocenters. The summed E-state index contributed by atoms with van der Waals surface area (Å²) in [5.74, 6) is 0.272. The molecule has 3 atom stereocenters. The summed E-state index contributed by atoms with van der Waals surface area (Å²) >= 11 is 0. The van der Waals surface area contributed by atoms with Crippen LogP contribution in [0.2, 0.25) is 0 Å². The van der Waals surface area contributed by atoms with E-state index in [1.54, 1.807) is 12.1 Å². The van der Waals surface area contributed by atoms with Crippen molar-refractivity contribution < 1.29 is 19.4 Å². The summed E-state index contributed by atoms with van der Waals surface area (Å²) in [7, 11) is 0. The number of aromatic nitrogens is 3. The zero-order valence-corrected chi connectivity index (χ0v) is 17.2. The third kappa shape index (κ3) is 4.41. The number of amides is 1. The number of anilines is 1. The van der Waals surface area contributed by atoms with Crippen LogP contribution in [0.3, 0.4) is 0 Å². The van der Waals surface area contributed by atoms with Crippen molar-refractivity contribution in [3.63, 3.8) is 0 Å². The molecule has 1 amide bonds. The second-order valence-corrected chi connectivity index (χ2v) is 7.96. The van der Waals surface area contributed by atoms with Gasteiger partial charge in [-0.2, -0.15) is 10.4 Å². The minimum absolute atomic E-state index is 0.0180. The van der Waals surface area contributed by atoms with E-state index in [0.717, 1.165) is 19.6 Å². The standard InChI is InChI=1S/C20H27N7O4/c21-12-20(17-5-4-14-18(22)24-13-25-27(14)17)10-15(28)16(31-20)11-30-19(29)23-6-9-26-7-2-1-3-8-26/h4-5,13,15-16,28H,1-3,6-11H2,(H,23,29)(H2,22,24,25)/t15-,16+,20-/m0/s1. The van der Waals surface area contributed by atoms with Crippen molar-refractivity contribution >= 4 is 17.4 Å². The highest BCUT2D eigenvalue weighted by atomic mass is 16.6. The highest BCUT2D eigenvalue weighted by Gasteiger charge is 2.50. The molecule has 2 aromatic heterocycles. The Morgan fingerprint density at radius 3 is 3.00 bits per heavy atom. The minimum Gasteiger partial charge on any atom is -0.447 e. The molecule has 4 rings (SSSR count). The van der Waals surface area contributed by atoms with Gasteiger partial charge in [-0.1, -0.05) is 6.42 Å². The summed E-state index contributed by atoms with van der Waals surface area (Å²) in [5.41, 5.74) is 5.40. The van der Waals surface area contributed by atoms with Gasteiger partial charge in [0.05, 0.1) is 11.8 Å². The number of hydrogen-bond donors (Lipinski definition) is 3. The van der Waals surface area contributed by atoms with Crippen LogP contribution in [-0.2, 0) is 15.1 Å². The van der Waals surface area contributed by atoms with E-state index in [1.807, 2.05) is 0 Å². The molecule has 2 aliphatic rings. The van der Waals surface area contributed by atoms with E-state index in [1.165, 1.54) is 30.1 Å². The fourth-order valence-electron chi connectivity index (χ4n) is 4.22. The van der Waals surface area contributed by atoms with E-state index in [0.29, 0.717) is 17.8 Å². The summed E-state index contributed by atoms with van der Waals surface area (Å²) in [6.45, 7) is 3.22. The average molecular weight is 429 g/mol. The quantitative estimate of drug-likeness (QED) is 0.592. The summed E-state index contributed by atoms with van der Waals surface area (Å²) in [5, 5.41) is 27.2. The number of carbonyl (C=O) groups is 1. The Labute approximate surface area is 179 Å². The number of aliphatic hydroxyl groups excluding tert-OH is 1. The molecule has 2 saturated heterocycles. The largest absolute Gasteiger partial charge is 0.447 e. The number of nitrogen functional groups attached to an aromatic ring is 1. The van der Waals surface area contributed by atoms with E-state index >= 15 is 0 Å². The lowest BCUT2D eigenvalue weighted by Crippen LogP contribution is -2.39. The van der Waals surface area contributed by atoms with Crippen LogP contribution in [0.5, 0.6) is 0 Å². The second kappa shape index (κ2) is 9.05. The lowest BCUT2D eigenvalue weighted by atomic mass is 9.96. The van der Waals surface area contributed by atoms with E-state index in [9.17, 15) is 15.2 Å². The molecule has 2 aromatic rings. The summed E-state index contributed by atoms with van der Waals surface area (Å²) in [6, 6.07) is 5.51. The van der Waals surface area contributed by atoms with Crippen LogP contribution in [0.15, 0.2) is 18.5 Å². The first-order chi connectivity index (χ1) is 15.0. The average Bonchev–Trinajstić information content (AvgIpc) is 3.36. The maximum absolute atomic E-state index is 12.0. The zero-order chi connectivity index (χ0) is 21.8. The first kappa shape index (κ1) is 21.3. The molecule has 4 heterocycles. The predicted molar refractivity (Wildman–Crippen MR) is 110 cm³/mol. The van der Waals surface area contributed by atoms with Gasteiger partial charge in [-0.25, -0.2) is 14.3 Å². The molecule has 4 N–H and O–H groups in total. The van der Waals surface area contributed by atoms with Crippen LogP contribution >= 0.6 is 0 Å². The molecule has 0 aromatic carbocycles. The fourth-order valence-corrected chi connectivity index (χ4v) is 4.22. The molecular weight excluding hydrogens is 402 g/mol. The first-order valence-corrected chi connectivity index (χ1v) is 10.5. The van der Waals surface area contributed by atoms with Crippen LogP contribution in [0.1, 0.15) is 31.4 Å². The number of nitrogens with two attached hydrogens (primary N) is 1. The van der Waals surface area contributed by atoms with Gasteiger partial charge >= 0.3 is 6.09 Å². The Morgan fingerprint density at radius 1 is 1.42 bits per heavy atom. The van der Waals surface area contributed by atoms with Crippen molar-refractivity contribution in [3.05, 3.63) is 24.2 Å². The number of nitriles is 1. The predicted octanol–water partition coefficient (Wildman–Crippen LogP) is 0.392. The molecule has 11 heteroatoms. The number of carbonyl (C=O) groups excluding carboxylic acids is 1. The van der Waals surface area contributed by atoms with Gasteiger partial charge in [-0.05, 0) is 38.1 Å². The van der Waals surface area contributed by atoms with Gasteiger partial charge in [-0.15, -0.1) is 0 Å². The molecule has 0 radical (unpaired) electrons. The first-order valence-electron chi connectivity index (χ1n) is 10.5. The smallest absolute Gasteiger partial charge is 0.407 e. The lowest BCUT2D eigenvalue weighted by Gasteiger charge is -2.26. The van der Waals surface area contributed by atoms with Crippen molar-refractivity contribution in [1.29, 1.82) is 5.26 Å². The summed E-state index contributed by atoms with van der Waals surface area (Å²) in [6.07, 6.45) is 2.56. The van der Waals surface area contributed by atoms with Gasteiger partial charge in [0.15, 0.2) is 11.4 Å². The van der Waals surface area contributed by atoms with Gasteiger partial charge in [0.2, 0.25) is 0 Å². The number of nitrogens with zero attached hydrogens (tertiary/aromatic N) is 5. The maximum Gasteiger partial charge on any atom is 0.407 e. The van der Waals surface area contributed by atoms with Crippen molar-refractivity contribution in [2.75, 3.05) is 38.5 Å². The molecule has 0 aliphatic carbocycles. The van der Waals surface area contributed by atoms with Crippen molar-refractivity contribution in [3.8, 4) is 6.07 Å². The van der Waals surface area contributed by atoms with Crippen LogP contribution in [-0.4, -0.2) is 75.7 Å².